The van der Waals surface area contributed by atoms with Crippen molar-refractivity contribution < 1.29 is 4.57 Å². The maximum atomic E-state index is 2.43. The van der Waals surface area contributed by atoms with Crippen LogP contribution in [0, 0.1) is 6.92 Å². The van der Waals surface area contributed by atoms with Gasteiger partial charge in [0.2, 0.25) is 0 Å². The van der Waals surface area contributed by atoms with Gasteiger partial charge in [0.05, 0.1) is 13.1 Å². The van der Waals surface area contributed by atoms with Crippen molar-refractivity contribution >= 4 is 0 Å². The molecule has 0 saturated carbocycles. The van der Waals surface area contributed by atoms with Gasteiger partial charge in [0.25, 0.3) is 5.82 Å². The van der Waals surface area contributed by atoms with Gasteiger partial charge >= 0.3 is 0 Å². The zero-order valence-electron chi connectivity index (χ0n) is 19.7. The molecule has 0 fully saturated rings. The predicted octanol–water partition coefficient (Wildman–Crippen LogP) is 8.15. The average Bonchev–Trinajstić information content (AvgIpc) is 3.04. The Balaban J connectivity index is 1.80. The van der Waals surface area contributed by atoms with Crippen molar-refractivity contribution in [1.29, 1.82) is 0 Å². The molecule has 0 amide bonds. The van der Waals surface area contributed by atoms with E-state index in [1.165, 1.54) is 128 Å². The molecular weight excluding hydrogens is 340 g/mol. The molecule has 0 radical (unpaired) electrons. The maximum Gasteiger partial charge on any atom is 0.253 e. The normalized spacial score (nSPS) is 11.4. The average molecular weight is 392 g/mol. The van der Waals surface area contributed by atoms with E-state index in [2.05, 4.69) is 42.3 Å². The molecule has 1 rings (SSSR count). The fourth-order valence-electron chi connectivity index (χ4n) is 4.26. The second-order valence-corrected chi connectivity index (χ2v) is 8.89. The minimum Gasteiger partial charge on any atom is -0.235 e. The number of rotatable bonds is 20. The lowest BCUT2D eigenvalue weighted by Crippen LogP contribution is -2.35. The third-order valence-corrected chi connectivity index (χ3v) is 6.22. The highest BCUT2D eigenvalue weighted by atomic mass is 15.1. The highest BCUT2D eigenvalue weighted by Gasteiger charge is 2.10. The third kappa shape index (κ3) is 12.6. The molecule has 0 aliphatic rings. The van der Waals surface area contributed by atoms with Gasteiger partial charge < -0.3 is 0 Å². The highest BCUT2D eigenvalue weighted by molar-refractivity contribution is 4.79. The first-order valence-electron chi connectivity index (χ1n) is 12.8. The molecule has 1 heterocycles. The van der Waals surface area contributed by atoms with Crippen LogP contribution >= 0.6 is 0 Å². The van der Waals surface area contributed by atoms with Crippen LogP contribution in [0.1, 0.15) is 135 Å². The van der Waals surface area contributed by atoms with E-state index in [-0.39, 0.29) is 0 Å². The van der Waals surface area contributed by atoms with E-state index in [0.29, 0.717) is 0 Å². The Morgan fingerprint density at radius 2 is 1.04 bits per heavy atom. The molecule has 0 spiro atoms. The van der Waals surface area contributed by atoms with Crippen molar-refractivity contribution in [1.82, 2.24) is 4.57 Å². The first-order valence-corrected chi connectivity index (χ1v) is 12.8. The monoisotopic (exact) mass is 391 g/mol. The summed E-state index contributed by atoms with van der Waals surface area (Å²) in [5.41, 5.74) is 0. The van der Waals surface area contributed by atoms with E-state index in [1.807, 2.05) is 0 Å². The van der Waals surface area contributed by atoms with Gasteiger partial charge in [0.15, 0.2) is 0 Å². The van der Waals surface area contributed by atoms with Crippen LogP contribution < -0.4 is 4.57 Å². The molecule has 0 saturated heterocycles. The second kappa shape index (κ2) is 18.3. The van der Waals surface area contributed by atoms with E-state index in [9.17, 15) is 0 Å². The molecule has 0 bridgehead atoms. The fourth-order valence-corrected chi connectivity index (χ4v) is 4.26. The molecule has 164 valence electrons. The quantitative estimate of drug-likeness (QED) is 0.157. The summed E-state index contributed by atoms with van der Waals surface area (Å²) in [5, 5.41) is 0. The molecule has 2 heteroatoms. The van der Waals surface area contributed by atoms with Gasteiger partial charge in [-0.25, -0.2) is 9.13 Å². The van der Waals surface area contributed by atoms with Gasteiger partial charge in [-0.15, -0.1) is 0 Å². The largest absolute Gasteiger partial charge is 0.253 e. The molecular formula is C26H51N2+. The smallest absolute Gasteiger partial charge is 0.235 e. The summed E-state index contributed by atoms with van der Waals surface area (Å²) in [7, 11) is 0. The van der Waals surface area contributed by atoms with Crippen molar-refractivity contribution in [3.8, 4) is 0 Å². The Kier molecular flexibility index (Phi) is 16.5. The molecule has 0 aliphatic heterocycles. The lowest BCUT2D eigenvalue weighted by molar-refractivity contribution is -0.702. The minimum atomic E-state index is 1.15. The third-order valence-electron chi connectivity index (χ3n) is 6.22. The van der Waals surface area contributed by atoms with E-state index >= 15 is 0 Å². The van der Waals surface area contributed by atoms with E-state index < -0.39 is 0 Å². The summed E-state index contributed by atoms with van der Waals surface area (Å²) in [6.45, 7) is 9.15. The molecule has 0 aliphatic carbocycles. The lowest BCUT2D eigenvalue weighted by Gasteiger charge is -2.04. The second-order valence-electron chi connectivity index (χ2n) is 8.89. The zero-order chi connectivity index (χ0) is 20.3. The molecule has 28 heavy (non-hydrogen) atoms. The van der Waals surface area contributed by atoms with Crippen molar-refractivity contribution in [3.05, 3.63) is 18.2 Å². The van der Waals surface area contributed by atoms with Gasteiger partial charge in [0, 0.05) is 6.92 Å². The number of hydrogen-bond donors (Lipinski definition) is 0. The first kappa shape index (κ1) is 25.2. The molecule has 0 unspecified atom stereocenters. The van der Waals surface area contributed by atoms with E-state index in [0.717, 1.165) is 6.54 Å². The number of aromatic nitrogens is 2. The molecule has 1 aromatic heterocycles. The van der Waals surface area contributed by atoms with Crippen molar-refractivity contribution in [2.45, 2.75) is 149 Å². The Morgan fingerprint density at radius 1 is 0.607 bits per heavy atom. The predicted molar refractivity (Wildman–Crippen MR) is 124 cm³/mol. The van der Waals surface area contributed by atoms with Crippen molar-refractivity contribution in [2.75, 3.05) is 0 Å². The number of hydrogen-bond acceptors (Lipinski definition) is 0. The molecule has 0 atom stereocenters. The molecule has 0 N–H and O–H groups in total. The molecule has 0 aromatic carbocycles. The standard InChI is InChI=1S/C26H51N2/c1-4-6-7-8-9-10-11-12-13-14-15-16-17-18-19-20-21-23-28-25-24-27(22-5-2)26(28)3/h24-25H,4-23H2,1-3H3/q+1. The summed E-state index contributed by atoms with van der Waals surface area (Å²) in [4.78, 5) is 0. The molecule has 2 nitrogen and oxygen atoms in total. The summed E-state index contributed by atoms with van der Waals surface area (Å²) >= 11 is 0. The van der Waals surface area contributed by atoms with Crippen molar-refractivity contribution in [2.24, 2.45) is 0 Å². The van der Waals surface area contributed by atoms with Crippen LogP contribution in [0.3, 0.4) is 0 Å². The summed E-state index contributed by atoms with van der Waals surface area (Å²) in [6, 6.07) is 0. The van der Waals surface area contributed by atoms with E-state index in [1.54, 1.807) is 0 Å². The van der Waals surface area contributed by atoms with Gasteiger partial charge in [-0.3, -0.25) is 0 Å². The highest BCUT2D eigenvalue weighted by Crippen LogP contribution is 2.14. The number of imidazole rings is 1. The van der Waals surface area contributed by atoms with Crippen LogP contribution in [-0.4, -0.2) is 4.57 Å². The first-order chi connectivity index (χ1) is 13.8. The van der Waals surface area contributed by atoms with Crippen LogP contribution in [0.4, 0.5) is 0 Å². The number of unbranched alkanes of at least 4 members (excludes halogenated alkanes) is 16. The van der Waals surface area contributed by atoms with Crippen LogP contribution in [0.15, 0.2) is 12.4 Å². The number of nitrogens with zero attached hydrogens (tertiary/aromatic N) is 2. The van der Waals surface area contributed by atoms with Crippen LogP contribution in [0.5, 0.6) is 0 Å². The van der Waals surface area contributed by atoms with Crippen LogP contribution in [-0.2, 0) is 13.1 Å². The zero-order valence-corrected chi connectivity index (χ0v) is 19.7. The maximum absolute atomic E-state index is 2.43. The Labute approximate surface area is 177 Å². The van der Waals surface area contributed by atoms with Gasteiger partial charge in [-0.1, -0.05) is 110 Å². The summed E-state index contributed by atoms with van der Waals surface area (Å²) in [6.07, 6.45) is 30.3. The topological polar surface area (TPSA) is 8.81 Å². The van der Waals surface area contributed by atoms with Crippen LogP contribution in [0.25, 0.3) is 0 Å². The minimum absolute atomic E-state index is 1.15. The Morgan fingerprint density at radius 3 is 1.46 bits per heavy atom. The number of aryl methyl sites for hydroxylation is 2. The Hall–Kier alpha value is -0.790. The van der Waals surface area contributed by atoms with Gasteiger partial charge in [-0.2, -0.15) is 0 Å². The fraction of sp³-hybridized carbons (Fsp3) is 0.885. The lowest BCUT2D eigenvalue weighted by atomic mass is 10.0. The van der Waals surface area contributed by atoms with Crippen LogP contribution in [0.2, 0.25) is 0 Å². The SMILES string of the molecule is CCCCCCCCCCCCCCCCCCCn1cc[n+](CCC)c1C. The van der Waals surface area contributed by atoms with E-state index in [4.69, 9.17) is 0 Å². The summed E-state index contributed by atoms with van der Waals surface area (Å²) < 4.78 is 4.81. The van der Waals surface area contributed by atoms with Gasteiger partial charge in [-0.05, 0) is 19.3 Å². The summed E-state index contributed by atoms with van der Waals surface area (Å²) in [5.74, 6) is 1.42. The Bertz CT molecular complexity index is 449. The van der Waals surface area contributed by atoms with Crippen molar-refractivity contribution in [3.63, 3.8) is 0 Å². The molecule has 1 aromatic rings. The van der Waals surface area contributed by atoms with Gasteiger partial charge in [0.1, 0.15) is 12.4 Å².